The maximum absolute atomic E-state index is 13.6. The Morgan fingerprint density at radius 2 is 2.05 bits per heavy atom. The van der Waals surface area contributed by atoms with Gasteiger partial charge in [0.15, 0.2) is 0 Å². The molecule has 0 fully saturated rings. The highest BCUT2D eigenvalue weighted by Gasteiger charge is 2.17. The van der Waals surface area contributed by atoms with Crippen LogP contribution in [0.2, 0.25) is 0 Å². The van der Waals surface area contributed by atoms with E-state index in [-0.39, 0.29) is 5.69 Å². The van der Waals surface area contributed by atoms with Crippen molar-refractivity contribution in [3.63, 3.8) is 0 Å². The topological polar surface area (TPSA) is 59.6 Å². The molecule has 1 amide bonds. The van der Waals surface area contributed by atoms with Crippen molar-refractivity contribution >= 4 is 11.8 Å². The van der Waals surface area contributed by atoms with E-state index in [9.17, 15) is 9.18 Å². The van der Waals surface area contributed by atoms with Crippen LogP contribution in [0, 0.1) is 5.82 Å². The average molecular weight is 270 g/mol. The number of ether oxygens (including phenoxy) is 1. The van der Waals surface area contributed by atoms with Gasteiger partial charge in [-0.05, 0) is 38.5 Å². The fraction of sp³-hybridized carbons (Fsp3) is 0.462. The molecule has 0 aliphatic carbocycles. The first-order valence-corrected chi connectivity index (χ1v) is 5.86. The molecule has 0 spiro atoms. The number of carbonyl (C=O) groups excluding carboxylic acids is 1. The van der Waals surface area contributed by atoms with Crippen LogP contribution in [0.15, 0.2) is 18.2 Å². The second-order valence-electron chi connectivity index (χ2n) is 4.97. The zero-order valence-corrected chi connectivity index (χ0v) is 11.5. The third-order valence-corrected chi connectivity index (χ3v) is 2.09. The number of carbonyl (C=O) groups is 1. The first-order chi connectivity index (χ1) is 8.81. The highest BCUT2D eigenvalue weighted by atomic mass is 19.1. The SMILES string of the molecule is CONCc1ccc(F)c(NC(=O)OC(C)(C)C)c1. The Kier molecular flexibility index (Phi) is 5.26. The summed E-state index contributed by atoms with van der Waals surface area (Å²) >= 11 is 0. The molecule has 0 radical (unpaired) electrons. The molecule has 6 heteroatoms. The summed E-state index contributed by atoms with van der Waals surface area (Å²) in [5, 5.41) is 2.38. The van der Waals surface area contributed by atoms with E-state index < -0.39 is 17.5 Å². The number of anilines is 1. The van der Waals surface area contributed by atoms with Gasteiger partial charge in [0.05, 0.1) is 12.8 Å². The van der Waals surface area contributed by atoms with E-state index in [0.717, 1.165) is 5.56 Å². The van der Waals surface area contributed by atoms with Gasteiger partial charge in [-0.2, -0.15) is 5.48 Å². The third kappa shape index (κ3) is 5.67. The van der Waals surface area contributed by atoms with Gasteiger partial charge in [-0.15, -0.1) is 0 Å². The van der Waals surface area contributed by atoms with E-state index in [1.807, 2.05) is 0 Å². The Labute approximate surface area is 112 Å². The first kappa shape index (κ1) is 15.4. The highest BCUT2D eigenvalue weighted by Crippen LogP contribution is 2.17. The molecular weight excluding hydrogens is 251 g/mol. The van der Waals surface area contributed by atoms with E-state index in [4.69, 9.17) is 9.57 Å². The normalized spacial score (nSPS) is 11.2. The summed E-state index contributed by atoms with van der Waals surface area (Å²) in [6.07, 6.45) is -0.691. The summed E-state index contributed by atoms with van der Waals surface area (Å²) in [6.45, 7) is 5.62. The van der Waals surface area contributed by atoms with Gasteiger partial charge in [0.2, 0.25) is 0 Å². The lowest BCUT2D eigenvalue weighted by Gasteiger charge is -2.20. The molecule has 1 aromatic carbocycles. The molecule has 0 aliphatic heterocycles. The Bertz CT molecular complexity index is 444. The number of hydrogen-bond donors (Lipinski definition) is 2. The third-order valence-electron chi connectivity index (χ3n) is 2.09. The molecule has 0 aliphatic rings. The van der Waals surface area contributed by atoms with Crippen molar-refractivity contribution in [2.45, 2.75) is 32.9 Å². The van der Waals surface area contributed by atoms with E-state index in [1.165, 1.54) is 19.2 Å². The number of halogens is 1. The maximum atomic E-state index is 13.6. The number of nitrogens with one attached hydrogen (secondary N) is 2. The lowest BCUT2D eigenvalue weighted by molar-refractivity contribution is 0.0635. The molecule has 1 aromatic rings. The minimum absolute atomic E-state index is 0.0738. The molecular formula is C13H19FN2O3. The number of amides is 1. The van der Waals surface area contributed by atoms with Crippen molar-refractivity contribution in [3.8, 4) is 0 Å². The molecule has 1 rings (SSSR count). The fourth-order valence-electron chi connectivity index (χ4n) is 1.35. The summed E-state index contributed by atoms with van der Waals surface area (Å²) in [5.41, 5.74) is 2.85. The Morgan fingerprint density at radius 1 is 1.37 bits per heavy atom. The smallest absolute Gasteiger partial charge is 0.412 e. The van der Waals surface area contributed by atoms with Gasteiger partial charge in [-0.25, -0.2) is 9.18 Å². The van der Waals surface area contributed by atoms with Crippen LogP contribution in [0.25, 0.3) is 0 Å². The predicted molar refractivity (Wildman–Crippen MR) is 70.1 cm³/mol. The lowest BCUT2D eigenvalue weighted by Crippen LogP contribution is -2.27. The molecule has 0 bridgehead atoms. The first-order valence-electron chi connectivity index (χ1n) is 5.86. The van der Waals surface area contributed by atoms with Crippen LogP contribution in [0.3, 0.4) is 0 Å². The summed E-state index contributed by atoms with van der Waals surface area (Å²) in [7, 11) is 1.49. The molecule has 0 aromatic heterocycles. The van der Waals surface area contributed by atoms with Crippen molar-refractivity contribution in [2.75, 3.05) is 12.4 Å². The largest absolute Gasteiger partial charge is 0.444 e. The molecule has 106 valence electrons. The van der Waals surface area contributed by atoms with Crippen molar-refractivity contribution in [2.24, 2.45) is 0 Å². The molecule has 0 saturated heterocycles. The Balaban J connectivity index is 2.73. The predicted octanol–water partition coefficient (Wildman–Crippen LogP) is 2.82. The minimum atomic E-state index is -0.691. The van der Waals surface area contributed by atoms with Crippen LogP contribution in [-0.2, 0) is 16.1 Å². The second-order valence-corrected chi connectivity index (χ2v) is 4.97. The quantitative estimate of drug-likeness (QED) is 0.826. The molecule has 19 heavy (non-hydrogen) atoms. The number of hydroxylamine groups is 1. The number of hydrogen-bond acceptors (Lipinski definition) is 4. The van der Waals surface area contributed by atoms with Crippen LogP contribution in [-0.4, -0.2) is 18.8 Å². The van der Waals surface area contributed by atoms with Gasteiger partial charge in [0.1, 0.15) is 11.4 Å². The van der Waals surface area contributed by atoms with Gasteiger partial charge in [0.25, 0.3) is 0 Å². The zero-order chi connectivity index (χ0) is 14.5. The number of rotatable bonds is 4. The van der Waals surface area contributed by atoms with Gasteiger partial charge in [-0.3, -0.25) is 5.32 Å². The fourth-order valence-corrected chi connectivity index (χ4v) is 1.35. The van der Waals surface area contributed by atoms with E-state index in [0.29, 0.717) is 6.54 Å². The van der Waals surface area contributed by atoms with Crippen LogP contribution < -0.4 is 10.8 Å². The highest BCUT2D eigenvalue weighted by molar-refractivity contribution is 5.85. The average Bonchev–Trinajstić information content (AvgIpc) is 2.27. The van der Waals surface area contributed by atoms with Gasteiger partial charge in [-0.1, -0.05) is 6.07 Å². The minimum Gasteiger partial charge on any atom is -0.444 e. The van der Waals surface area contributed by atoms with Crippen molar-refractivity contribution in [3.05, 3.63) is 29.6 Å². The van der Waals surface area contributed by atoms with Crippen molar-refractivity contribution in [1.82, 2.24) is 5.48 Å². The van der Waals surface area contributed by atoms with Gasteiger partial charge in [0, 0.05) is 6.54 Å². The van der Waals surface area contributed by atoms with Crippen LogP contribution in [0.1, 0.15) is 26.3 Å². The van der Waals surface area contributed by atoms with Crippen LogP contribution in [0.5, 0.6) is 0 Å². The lowest BCUT2D eigenvalue weighted by atomic mass is 10.2. The summed E-state index contributed by atoms with van der Waals surface area (Å²) in [4.78, 5) is 16.3. The zero-order valence-electron chi connectivity index (χ0n) is 11.5. The second kappa shape index (κ2) is 6.49. The molecule has 0 saturated carbocycles. The van der Waals surface area contributed by atoms with Crippen molar-refractivity contribution < 1.29 is 18.8 Å². The summed E-state index contributed by atoms with van der Waals surface area (Å²) in [5.74, 6) is -0.521. The molecule has 0 atom stereocenters. The van der Waals surface area contributed by atoms with E-state index >= 15 is 0 Å². The molecule has 2 N–H and O–H groups in total. The summed E-state index contributed by atoms with van der Waals surface area (Å²) < 4.78 is 18.6. The Morgan fingerprint density at radius 3 is 2.63 bits per heavy atom. The molecule has 0 heterocycles. The van der Waals surface area contributed by atoms with Crippen LogP contribution in [0.4, 0.5) is 14.9 Å². The van der Waals surface area contributed by atoms with Crippen molar-refractivity contribution in [1.29, 1.82) is 0 Å². The maximum Gasteiger partial charge on any atom is 0.412 e. The molecule has 5 nitrogen and oxygen atoms in total. The van der Waals surface area contributed by atoms with Gasteiger partial charge >= 0.3 is 6.09 Å². The monoisotopic (exact) mass is 270 g/mol. The summed E-state index contributed by atoms with van der Waals surface area (Å²) in [6, 6.07) is 4.40. The number of benzene rings is 1. The standard InChI is InChI=1S/C13H19FN2O3/c1-13(2,3)19-12(17)16-11-7-9(8-15-18-4)5-6-10(11)14/h5-7,15H,8H2,1-4H3,(H,16,17). The van der Waals surface area contributed by atoms with E-state index in [1.54, 1.807) is 26.8 Å². The molecule has 0 unspecified atom stereocenters. The Hall–Kier alpha value is -1.66. The van der Waals surface area contributed by atoms with Crippen LogP contribution >= 0.6 is 0 Å². The van der Waals surface area contributed by atoms with Gasteiger partial charge < -0.3 is 9.57 Å². The van der Waals surface area contributed by atoms with E-state index in [2.05, 4.69) is 10.8 Å².